The van der Waals surface area contributed by atoms with Crippen LogP contribution >= 0.6 is 0 Å². The minimum absolute atomic E-state index is 0.173. The highest BCUT2D eigenvalue weighted by molar-refractivity contribution is 5.52. The van der Waals surface area contributed by atoms with E-state index in [-0.39, 0.29) is 6.54 Å². The van der Waals surface area contributed by atoms with Crippen LogP contribution in [0.2, 0.25) is 0 Å². The molecule has 10 heteroatoms. The predicted octanol–water partition coefficient (Wildman–Crippen LogP) is -0.675. The molecule has 10 nitrogen and oxygen atoms in total. The molecule has 0 spiro atoms. The Hall–Kier alpha value is -3.05. The number of aromatic nitrogens is 3. The second-order valence-corrected chi connectivity index (χ2v) is 6.66. The third-order valence-electron chi connectivity index (χ3n) is 4.78. The molecule has 0 bridgehead atoms. The fourth-order valence-corrected chi connectivity index (χ4v) is 3.23. The van der Waals surface area contributed by atoms with E-state index >= 15 is 0 Å². The molecule has 0 radical (unpaired) electrons. The van der Waals surface area contributed by atoms with E-state index in [9.17, 15) is 24.9 Å². The smallest absolute Gasteiger partial charge is 0.333 e. The van der Waals surface area contributed by atoms with E-state index in [2.05, 4.69) is 4.98 Å². The zero-order valence-corrected chi connectivity index (χ0v) is 15.2. The van der Waals surface area contributed by atoms with Crippen LogP contribution in [0.15, 0.2) is 62.8 Å². The van der Waals surface area contributed by atoms with Gasteiger partial charge in [0.1, 0.15) is 24.1 Å². The molecule has 1 aromatic carbocycles. The topological polar surface area (TPSA) is 140 Å². The minimum Gasteiger partial charge on any atom is -0.439 e. The number of hydrogen-bond donors (Lipinski definition) is 3. The minimum atomic E-state index is -1.44. The Bertz CT molecular complexity index is 1100. The molecule has 0 aliphatic carbocycles. The summed E-state index contributed by atoms with van der Waals surface area (Å²) in [4.78, 5) is 29.3. The first kappa shape index (κ1) is 19.3. The molecule has 3 N–H and O–H groups in total. The molecule has 0 saturated carbocycles. The highest BCUT2D eigenvalue weighted by Crippen LogP contribution is 2.27. The first-order chi connectivity index (χ1) is 14.0. The van der Waals surface area contributed by atoms with Gasteiger partial charge in [0.15, 0.2) is 6.23 Å². The van der Waals surface area contributed by atoms with Gasteiger partial charge in [0.05, 0.1) is 19.3 Å². The second-order valence-electron chi connectivity index (χ2n) is 6.66. The van der Waals surface area contributed by atoms with E-state index in [1.165, 1.54) is 12.4 Å². The molecule has 1 saturated heterocycles. The summed E-state index contributed by atoms with van der Waals surface area (Å²) in [5, 5.41) is 29.3. The number of aliphatic hydroxyl groups is 3. The van der Waals surface area contributed by atoms with Gasteiger partial charge >= 0.3 is 5.69 Å². The van der Waals surface area contributed by atoms with Gasteiger partial charge < -0.3 is 24.5 Å². The predicted molar refractivity (Wildman–Crippen MR) is 99.0 cm³/mol. The van der Waals surface area contributed by atoms with Crippen molar-refractivity contribution in [1.29, 1.82) is 0 Å². The van der Waals surface area contributed by atoms with E-state index in [4.69, 9.17) is 9.15 Å². The van der Waals surface area contributed by atoms with Crippen molar-refractivity contribution in [1.82, 2.24) is 14.1 Å². The Morgan fingerprint density at radius 2 is 1.83 bits per heavy atom. The third kappa shape index (κ3) is 3.54. The van der Waals surface area contributed by atoms with Crippen LogP contribution in [-0.4, -0.2) is 54.4 Å². The molecule has 4 unspecified atom stereocenters. The van der Waals surface area contributed by atoms with E-state index in [1.54, 1.807) is 0 Å². The highest BCUT2D eigenvalue weighted by atomic mass is 16.6. The van der Waals surface area contributed by atoms with Crippen molar-refractivity contribution >= 4 is 0 Å². The molecule has 29 heavy (non-hydrogen) atoms. The monoisotopic (exact) mass is 401 g/mol. The van der Waals surface area contributed by atoms with Crippen LogP contribution in [0.1, 0.15) is 12.0 Å². The molecule has 3 aromatic rings. The summed E-state index contributed by atoms with van der Waals surface area (Å²) >= 11 is 0. The highest BCUT2D eigenvalue weighted by Gasteiger charge is 2.43. The van der Waals surface area contributed by atoms with Gasteiger partial charge in [-0.1, -0.05) is 18.2 Å². The van der Waals surface area contributed by atoms with E-state index in [0.29, 0.717) is 11.7 Å². The Morgan fingerprint density at radius 1 is 1.07 bits per heavy atom. The number of oxazole rings is 1. The summed E-state index contributed by atoms with van der Waals surface area (Å²) in [5.74, 6) is 0.648. The summed E-state index contributed by atoms with van der Waals surface area (Å²) in [6.07, 6.45) is -2.47. The van der Waals surface area contributed by atoms with Crippen LogP contribution in [0.3, 0.4) is 0 Å². The summed E-state index contributed by atoms with van der Waals surface area (Å²) < 4.78 is 12.9. The lowest BCUT2D eigenvalue weighted by Gasteiger charge is -2.18. The van der Waals surface area contributed by atoms with Gasteiger partial charge in [0.2, 0.25) is 5.89 Å². The first-order valence-corrected chi connectivity index (χ1v) is 8.94. The Labute approximate surface area is 163 Å². The van der Waals surface area contributed by atoms with Gasteiger partial charge in [0, 0.05) is 17.8 Å². The summed E-state index contributed by atoms with van der Waals surface area (Å²) in [6, 6.07) is 10.3. The molecule has 1 fully saturated rings. The maximum atomic E-state index is 12.8. The van der Waals surface area contributed by atoms with Crippen molar-refractivity contribution in [3.8, 4) is 11.5 Å². The molecule has 152 valence electrons. The molecule has 4 atom stereocenters. The van der Waals surface area contributed by atoms with Crippen molar-refractivity contribution in [2.75, 3.05) is 6.61 Å². The van der Waals surface area contributed by atoms with E-state index < -0.39 is 42.4 Å². The molecular weight excluding hydrogens is 382 g/mol. The number of rotatable bonds is 5. The molecule has 3 heterocycles. The Kier molecular flexibility index (Phi) is 5.16. The van der Waals surface area contributed by atoms with Crippen LogP contribution < -0.4 is 11.2 Å². The number of hydrogen-bond acceptors (Lipinski definition) is 8. The maximum absolute atomic E-state index is 12.8. The van der Waals surface area contributed by atoms with E-state index in [0.717, 1.165) is 20.8 Å². The van der Waals surface area contributed by atoms with Gasteiger partial charge in [-0.15, -0.1) is 0 Å². The van der Waals surface area contributed by atoms with E-state index in [1.807, 2.05) is 30.3 Å². The Morgan fingerprint density at radius 3 is 2.52 bits per heavy atom. The number of nitrogens with zero attached hydrogens (tertiary/aromatic N) is 3. The Balaban J connectivity index is 1.64. The third-order valence-corrected chi connectivity index (χ3v) is 4.78. The summed E-state index contributed by atoms with van der Waals surface area (Å²) in [7, 11) is 0. The summed E-state index contributed by atoms with van der Waals surface area (Å²) in [5.41, 5.74) is -0.580. The van der Waals surface area contributed by atoms with Gasteiger partial charge in [-0.25, -0.2) is 9.78 Å². The lowest BCUT2D eigenvalue weighted by Crippen LogP contribution is -2.43. The largest absolute Gasteiger partial charge is 0.439 e. The average Bonchev–Trinajstić information content (AvgIpc) is 3.31. The van der Waals surface area contributed by atoms with Crippen molar-refractivity contribution < 1.29 is 24.5 Å². The molecule has 1 aliphatic heterocycles. The molecule has 0 amide bonds. The molecule has 4 rings (SSSR count). The summed E-state index contributed by atoms with van der Waals surface area (Å²) in [6.45, 7) is -0.698. The standard InChI is InChI=1S/C19H19N3O7/c23-10-13-15(25)16(26)18(29-13)21-7-6-14(24)22(19(21)27)9-12-8-20-17(28-12)11-4-2-1-3-5-11/h1-8,13,15-16,18,23,25-26H,9-10H2. The second kappa shape index (κ2) is 7.76. The van der Waals surface area contributed by atoms with Crippen LogP contribution in [0.4, 0.5) is 0 Å². The van der Waals surface area contributed by atoms with Crippen LogP contribution in [0, 0.1) is 0 Å². The van der Waals surface area contributed by atoms with Gasteiger partial charge in [0.25, 0.3) is 5.56 Å². The van der Waals surface area contributed by atoms with Gasteiger partial charge in [-0.2, -0.15) is 0 Å². The molecule has 2 aromatic heterocycles. The number of ether oxygens (including phenoxy) is 1. The zero-order chi connectivity index (χ0) is 20.5. The van der Waals surface area contributed by atoms with Crippen molar-refractivity contribution in [2.45, 2.75) is 31.1 Å². The maximum Gasteiger partial charge on any atom is 0.333 e. The van der Waals surface area contributed by atoms with Crippen molar-refractivity contribution in [2.24, 2.45) is 0 Å². The average molecular weight is 401 g/mol. The van der Waals surface area contributed by atoms with Crippen LogP contribution in [0.5, 0.6) is 0 Å². The lowest BCUT2D eigenvalue weighted by molar-refractivity contribution is -0.0555. The van der Waals surface area contributed by atoms with Crippen molar-refractivity contribution in [3.63, 3.8) is 0 Å². The van der Waals surface area contributed by atoms with Crippen LogP contribution in [0.25, 0.3) is 11.5 Å². The number of benzene rings is 1. The lowest BCUT2D eigenvalue weighted by atomic mass is 10.1. The van der Waals surface area contributed by atoms with Gasteiger partial charge in [-0.05, 0) is 12.1 Å². The number of aliphatic hydroxyl groups excluding tert-OH is 3. The van der Waals surface area contributed by atoms with Gasteiger partial charge in [-0.3, -0.25) is 13.9 Å². The normalized spacial score (nSPS) is 24.1. The quantitative estimate of drug-likeness (QED) is 0.511. The fourth-order valence-electron chi connectivity index (χ4n) is 3.23. The molecular formula is C19H19N3O7. The first-order valence-electron chi connectivity index (χ1n) is 8.94. The SMILES string of the molecule is O=c1ccn(C2OC(CO)C(O)C2O)c(=O)n1Cc1cnc(-c2ccccc2)o1. The van der Waals surface area contributed by atoms with Crippen molar-refractivity contribution in [3.05, 3.63) is 75.4 Å². The fraction of sp³-hybridized carbons (Fsp3) is 0.316. The van der Waals surface area contributed by atoms with Crippen LogP contribution in [-0.2, 0) is 11.3 Å². The zero-order valence-electron chi connectivity index (χ0n) is 15.2. The molecule has 1 aliphatic rings.